The second kappa shape index (κ2) is 3.80. The van der Waals surface area contributed by atoms with Gasteiger partial charge in [0.15, 0.2) is 5.82 Å². The Hall–Kier alpha value is -2.12. The fourth-order valence-corrected chi connectivity index (χ4v) is 1.15. The van der Waals surface area contributed by atoms with Gasteiger partial charge in [-0.3, -0.25) is 0 Å². The van der Waals surface area contributed by atoms with Gasteiger partial charge in [-0.2, -0.15) is 13.9 Å². The van der Waals surface area contributed by atoms with Crippen molar-refractivity contribution in [1.29, 1.82) is 0 Å². The van der Waals surface area contributed by atoms with Crippen molar-refractivity contribution in [3.63, 3.8) is 0 Å². The van der Waals surface area contributed by atoms with Crippen LogP contribution in [0.1, 0.15) is 6.55 Å². The van der Waals surface area contributed by atoms with E-state index in [1.54, 1.807) is 0 Å². The summed E-state index contributed by atoms with van der Waals surface area (Å²) in [6.45, 7) is -2.78. The number of hydrogen-bond acceptors (Lipinski definition) is 4. The second-order valence-electron chi connectivity index (χ2n) is 2.91. The van der Waals surface area contributed by atoms with Crippen LogP contribution < -0.4 is 5.73 Å². The summed E-state index contributed by atoms with van der Waals surface area (Å²) in [5, 5.41) is 3.36. The quantitative estimate of drug-likeness (QED) is 0.846. The number of nitrogens with two attached hydrogens (primary N) is 1. The molecule has 0 aliphatic rings. The van der Waals surface area contributed by atoms with Gasteiger partial charge in [-0.25, -0.2) is 19.0 Å². The predicted molar refractivity (Wildman–Crippen MR) is 48.9 cm³/mol. The Kier molecular flexibility index (Phi) is 2.47. The fourth-order valence-electron chi connectivity index (χ4n) is 1.15. The van der Waals surface area contributed by atoms with Crippen LogP contribution >= 0.6 is 0 Å². The first-order valence-corrected chi connectivity index (χ1v) is 4.18. The molecule has 2 rings (SSSR count). The molecule has 8 heteroatoms. The summed E-state index contributed by atoms with van der Waals surface area (Å²) in [5.41, 5.74) is 5.23. The maximum atomic E-state index is 13.3. The molecule has 2 N–H and O–H groups in total. The van der Waals surface area contributed by atoms with E-state index in [2.05, 4.69) is 15.1 Å². The van der Waals surface area contributed by atoms with Gasteiger partial charge in [-0.15, -0.1) is 0 Å². The number of anilines is 1. The van der Waals surface area contributed by atoms with Crippen molar-refractivity contribution in [2.45, 2.75) is 6.55 Å². The van der Waals surface area contributed by atoms with Crippen LogP contribution in [0.2, 0.25) is 0 Å². The number of nitrogens with zero attached hydrogens (tertiary/aromatic N) is 4. The minimum Gasteiger partial charge on any atom is -0.368 e. The van der Waals surface area contributed by atoms with E-state index in [-0.39, 0.29) is 17.2 Å². The van der Waals surface area contributed by atoms with Crippen LogP contribution in [0.25, 0.3) is 11.3 Å². The van der Waals surface area contributed by atoms with Crippen LogP contribution in [0.4, 0.5) is 19.1 Å². The molecule has 0 amide bonds. The summed E-state index contributed by atoms with van der Waals surface area (Å²) in [6, 6.07) is 0. The van der Waals surface area contributed by atoms with Gasteiger partial charge in [0.05, 0.1) is 12.4 Å². The molecule has 0 aromatic carbocycles. The number of nitrogen functional groups attached to an aromatic ring is 1. The molecule has 16 heavy (non-hydrogen) atoms. The zero-order valence-electron chi connectivity index (χ0n) is 7.81. The number of halogens is 3. The molecule has 2 aromatic heterocycles. The SMILES string of the molecule is Nc1ncc(F)c(-c2cnn(C(F)F)c2)n1. The van der Waals surface area contributed by atoms with Gasteiger partial charge in [0, 0.05) is 11.8 Å². The maximum Gasteiger partial charge on any atom is 0.333 e. The van der Waals surface area contributed by atoms with Crippen LogP contribution in [0, 0.1) is 5.82 Å². The van der Waals surface area contributed by atoms with Crippen molar-refractivity contribution in [1.82, 2.24) is 19.7 Å². The first-order valence-electron chi connectivity index (χ1n) is 4.18. The lowest BCUT2D eigenvalue weighted by Crippen LogP contribution is -1.99. The molecule has 0 aliphatic heterocycles. The van der Waals surface area contributed by atoms with Crippen molar-refractivity contribution >= 4 is 5.95 Å². The molecule has 0 aliphatic carbocycles. The Morgan fingerprint density at radius 2 is 2.06 bits per heavy atom. The van der Waals surface area contributed by atoms with Crippen molar-refractivity contribution in [3.05, 3.63) is 24.4 Å². The van der Waals surface area contributed by atoms with Crippen LogP contribution in [0.15, 0.2) is 18.6 Å². The molecule has 0 radical (unpaired) electrons. The Labute approximate surface area is 87.7 Å². The molecule has 0 atom stereocenters. The third-order valence-corrected chi connectivity index (χ3v) is 1.84. The van der Waals surface area contributed by atoms with E-state index in [0.717, 1.165) is 18.6 Å². The molecule has 2 aromatic rings. The Balaban J connectivity index is 2.46. The predicted octanol–water partition coefficient (Wildman–Crippen LogP) is 1.46. The van der Waals surface area contributed by atoms with Gasteiger partial charge in [0.25, 0.3) is 0 Å². The number of alkyl halides is 2. The molecule has 2 heterocycles. The average molecular weight is 229 g/mol. The number of aromatic nitrogens is 4. The first-order chi connectivity index (χ1) is 7.58. The van der Waals surface area contributed by atoms with Crippen LogP contribution in [0.3, 0.4) is 0 Å². The molecule has 0 fully saturated rings. The largest absolute Gasteiger partial charge is 0.368 e. The molecular formula is C8H6F3N5. The van der Waals surface area contributed by atoms with E-state index < -0.39 is 12.4 Å². The molecule has 5 nitrogen and oxygen atoms in total. The van der Waals surface area contributed by atoms with Crippen LogP contribution in [0.5, 0.6) is 0 Å². The van der Waals surface area contributed by atoms with E-state index in [1.807, 2.05) is 0 Å². The lowest BCUT2D eigenvalue weighted by Gasteiger charge is -1.99. The summed E-state index contributed by atoms with van der Waals surface area (Å²) in [4.78, 5) is 7.03. The van der Waals surface area contributed by atoms with Gasteiger partial charge in [-0.05, 0) is 0 Å². The number of hydrogen-bond donors (Lipinski definition) is 1. The third-order valence-electron chi connectivity index (χ3n) is 1.84. The van der Waals surface area contributed by atoms with Gasteiger partial charge < -0.3 is 5.73 Å². The van der Waals surface area contributed by atoms with Crippen LogP contribution in [-0.4, -0.2) is 19.7 Å². The topological polar surface area (TPSA) is 69.6 Å². The standard InChI is InChI=1S/C8H6F3N5/c9-5-2-13-8(12)15-6(5)4-1-14-16(3-4)7(10)11/h1-3,7H,(H2,12,13,15). The van der Waals surface area contributed by atoms with E-state index in [4.69, 9.17) is 5.73 Å². The highest BCUT2D eigenvalue weighted by atomic mass is 19.3. The van der Waals surface area contributed by atoms with Gasteiger partial charge >= 0.3 is 6.55 Å². The molecule has 84 valence electrons. The maximum absolute atomic E-state index is 13.3. The van der Waals surface area contributed by atoms with E-state index in [0.29, 0.717) is 4.68 Å². The lowest BCUT2D eigenvalue weighted by atomic mass is 10.2. The summed E-state index contributed by atoms with van der Waals surface area (Å²) in [5.74, 6) is -0.885. The smallest absolute Gasteiger partial charge is 0.333 e. The highest BCUT2D eigenvalue weighted by Crippen LogP contribution is 2.21. The number of rotatable bonds is 2. The normalized spacial score (nSPS) is 11.0. The Bertz CT molecular complexity index is 510. The minimum atomic E-state index is -2.78. The third kappa shape index (κ3) is 1.81. The van der Waals surface area contributed by atoms with Crippen molar-refractivity contribution in [2.75, 3.05) is 5.73 Å². The van der Waals surface area contributed by atoms with E-state index in [1.165, 1.54) is 0 Å². The Morgan fingerprint density at radius 1 is 1.31 bits per heavy atom. The summed E-state index contributed by atoms with van der Waals surface area (Å²) < 4.78 is 38.1. The fraction of sp³-hybridized carbons (Fsp3) is 0.125. The second-order valence-corrected chi connectivity index (χ2v) is 2.91. The summed E-state index contributed by atoms with van der Waals surface area (Å²) >= 11 is 0. The summed E-state index contributed by atoms with van der Waals surface area (Å²) in [7, 11) is 0. The molecule has 0 saturated heterocycles. The molecule has 0 unspecified atom stereocenters. The zero-order valence-corrected chi connectivity index (χ0v) is 7.81. The zero-order chi connectivity index (χ0) is 11.7. The first kappa shape index (κ1) is 10.4. The highest BCUT2D eigenvalue weighted by molar-refractivity contribution is 5.58. The van der Waals surface area contributed by atoms with E-state index >= 15 is 0 Å². The Morgan fingerprint density at radius 3 is 2.69 bits per heavy atom. The molecule has 0 saturated carbocycles. The van der Waals surface area contributed by atoms with Crippen molar-refractivity contribution in [3.8, 4) is 11.3 Å². The monoisotopic (exact) mass is 229 g/mol. The molecule has 0 bridgehead atoms. The van der Waals surface area contributed by atoms with Gasteiger partial charge in [0.1, 0.15) is 5.69 Å². The molecule has 0 spiro atoms. The van der Waals surface area contributed by atoms with Crippen LogP contribution in [-0.2, 0) is 0 Å². The lowest BCUT2D eigenvalue weighted by molar-refractivity contribution is 0.0566. The minimum absolute atomic E-state index is 0.118. The summed E-state index contributed by atoms with van der Waals surface area (Å²) in [6.07, 6.45) is 2.93. The molecular weight excluding hydrogens is 223 g/mol. The van der Waals surface area contributed by atoms with Gasteiger partial charge in [-0.1, -0.05) is 0 Å². The highest BCUT2D eigenvalue weighted by Gasteiger charge is 2.13. The van der Waals surface area contributed by atoms with E-state index in [9.17, 15) is 13.2 Å². The average Bonchev–Trinajstić information content (AvgIpc) is 2.70. The van der Waals surface area contributed by atoms with Gasteiger partial charge in [0.2, 0.25) is 5.95 Å². The van der Waals surface area contributed by atoms with Crippen molar-refractivity contribution in [2.24, 2.45) is 0 Å². The van der Waals surface area contributed by atoms with Crippen molar-refractivity contribution < 1.29 is 13.2 Å².